The van der Waals surface area contributed by atoms with Gasteiger partial charge in [-0.1, -0.05) is 17.7 Å². The lowest BCUT2D eigenvalue weighted by Gasteiger charge is -2.35. The predicted molar refractivity (Wildman–Crippen MR) is 90.8 cm³/mol. The zero-order valence-electron chi connectivity index (χ0n) is 12.7. The summed E-state index contributed by atoms with van der Waals surface area (Å²) in [5, 5.41) is 0.733. The number of Topliss-reactive ketones (excluding diaryl/α,β-unsaturated/α-hetero) is 1. The largest absolute Gasteiger partial charge is 0.369 e. The number of carbonyl (C=O) groups excluding carboxylic acids is 1. The van der Waals surface area contributed by atoms with E-state index in [2.05, 4.69) is 9.80 Å². The molecule has 0 saturated carbocycles. The first kappa shape index (κ1) is 16.0. The number of ketones is 1. The van der Waals surface area contributed by atoms with Crippen LogP contribution in [0.25, 0.3) is 0 Å². The maximum absolute atomic E-state index is 12.9. The molecule has 23 heavy (non-hydrogen) atoms. The van der Waals surface area contributed by atoms with Gasteiger partial charge < -0.3 is 4.90 Å². The molecule has 3 rings (SSSR count). The lowest BCUT2D eigenvalue weighted by molar-refractivity contribution is 0.0926. The van der Waals surface area contributed by atoms with E-state index < -0.39 is 0 Å². The molecule has 1 saturated heterocycles. The highest BCUT2D eigenvalue weighted by Crippen LogP contribution is 2.20. The first-order valence-corrected chi connectivity index (χ1v) is 8.01. The Kier molecular flexibility index (Phi) is 4.94. The first-order chi connectivity index (χ1) is 11.1. The highest BCUT2D eigenvalue weighted by Gasteiger charge is 2.20. The maximum Gasteiger partial charge on any atom is 0.176 e. The third-order valence-corrected chi connectivity index (χ3v) is 4.31. The van der Waals surface area contributed by atoms with Crippen LogP contribution in [0.3, 0.4) is 0 Å². The van der Waals surface area contributed by atoms with Crippen LogP contribution in [0.15, 0.2) is 48.5 Å². The topological polar surface area (TPSA) is 23.6 Å². The molecule has 0 bridgehead atoms. The second-order valence-electron chi connectivity index (χ2n) is 5.67. The molecular formula is C18H18ClFN2O. The number of halogens is 2. The summed E-state index contributed by atoms with van der Waals surface area (Å²) in [6, 6.07) is 13.5. The number of hydrogen-bond donors (Lipinski definition) is 0. The van der Waals surface area contributed by atoms with E-state index >= 15 is 0 Å². The van der Waals surface area contributed by atoms with Gasteiger partial charge in [-0.05, 0) is 42.5 Å². The van der Waals surface area contributed by atoms with Gasteiger partial charge in [-0.3, -0.25) is 9.69 Å². The molecule has 2 aromatic rings. The van der Waals surface area contributed by atoms with Crippen LogP contribution >= 0.6 is 11.6 Å². The van der Waals surface area contributed by atoms with Crippen LogP contribution in [0.5, 0.6) is 0 Å². The summed E-state index contributed by atoms with van der Waals surface area (Å²) in [4.78, 5) is 16.6. The smallest absolute Gasteiger partial charge is 0.176 e. The molecule has 0 atom stereocenters. The lowest BCUT2D eigenvalue weighted by Crippen LogP contribution is -2.48. The van der Waals surface area contributed by atoms with Gasteiger partial charge in [0.15, 0.2) is 5.78 Å². The normalized spacial score (nSPS) is 15.7. The fourth-order valence-corrected chi connectivity index (χ4v) is 2.95. The molecule has 0 amide bonds. The van der Waals surface area contributed by atoms with Crippen molar-refractivity contribution in [3.05, 3.63) is 64.9 Å². The van der Waals surface area contributed by atoms with Crippen molar-refractivity contribution >= 4 is 23.1 Å². The number of piperazine rings is 1. The van der Waals surface area contributed by atoms with Crippen molar-refractivity contribution in [1.82, 2.24) is 4.90 Å². The summed E-state index contributed by atoms with van der Waals surface area (Å²) in [6.45, 7) is 3.72. The highest BCUT2D eigenvalue weighted by molar-refractivity contribution is 6.30. The molecule has 0 spiro atoms. The van der Waals surface area contributed by atoms with E-state index in [0.717, 1.165) is 36.9 Å². The third kappa shape index (κ3) is 4.09. The number of benzene rings is 2. The Morgan fingerprint density at radius 3 is 2.39 bits per heavy atom. The lowest BCUT2D eigenvalue weighted by atomic mass is 10.1. The summed E-state index contributed by atoms with van der Waals surface area (Å²) in [5.41, 5.74) is 1.67. The predicted octanol–water partition coefficient (Wildman–Crippen LogP) is 3.48. The van der Waals surface area contributed by atoms with E-state index in [9.17, 15) is 9.18 Å². The second kappa shape index (κ2) is 7.11. The molecule has 0 radical (unpaired) electrons. The Morgan fingerprint density at radius 2 is 1.74 bits per heavy atom. The Bertz CT molecular complexity index is 682. The van der Waals surface area contributed by atoms with Crippen LogP contribution in [0.2, 0.25) is 5.02 Å². The fraction of sp³-hybridized carbons (Fsp3) is 0.278. The van der Waals surface area contributed by atoms with Gasteiger partial charge >= 0.3 is 0 Å². The van der Waals surface area contributed by atoms with Crippen molar-refractivity contribution in [2.24, 2.45) is 0 Å². The Hall–Kier alpha value is -1.91. The van der Waals surface area contributed by atoms with E-state index in [1.165, 1.54) is 12.1 Å². The van der Waals surface area contributed by atoms with Crippen LogP contribution in [0.1, 0.15) is 10.4 Å². The van der Waals surface area contributed by atoms with E-state index in [0.29, 0.717) is 12.1 Å². The number of hydrogen-bond acceptors (Lipinski definition) is 3. The van der Waals surface area contributed by atoms with Gasteiger partial charge in [0.2, 0.25) is 0 Å². The maximum atomic E-state index is 12.9. The summed E-state index contributed by atoms with van der Waals surface area (Å²) in [7, 11) is 0. The van der Waals surface area contributed by atoms with Gasteiger partial charge in [-0.15, -0.1) is 0 Å². The van der Waals surface area contributed by atoms with Gasteiger partial charge in [0, 0.05) is 42.5 Å². The SMILES string of the molecule is O=C(CN1CCN(c2cccc(Cl)c2)CC1)c1ccc(F)cc1. The van der Waals surface area contributed by atoms with Gasteiger partial charge in [-0.2, -0.15) is 0 Å². The number of anilines is 1. The second-order valence-corrected chi connectivity index (χ2v) is 6.11. The van der Waals surface area contributed by atoms with Crippen molar-refractivity contribution in [2.75, 3.05) is 37.6 Å². The van der Waals surface area contributed by atoms with Crippen LogP contribution in [-0.4, -0.2) is 43.4 Å². The number of nitrogens with zero attached hydrogens (tertiary/aromatic N) is 2. The zero-order chi connectivity index (χ0) is 16.2. The minimum atomic E-state index is -0.323. The molecule has 3 nitrogen and oxygen atoms in total. The minimum absolute atomic E-state index is 0.0289. The molecule has 1 heterocycles. The Labute approximate surface area is 140 Å². The van der Waals surface area contributed by atoms with E-state index in [1.54, 1.807) is 12.1 Å². The monoisotopic (exact) mass is 332 g/mol. The highest BCUT2D eigenvalue weighted by atomic mass is 35.5. The average Bonchev–Trinajstić information content (AvgIpc) is 2.56. The van der Waals surface area contributed by atoms with Crippen LogP contribution < -0.4 is 4.90 Å². The molecule has 0 unspecified atom stereocenters. The van der Waals surface area contributed by atoms with Crippen molar-refractivity contribution in [2.45, 2.75) is 0 Å². The van der Waals surface area contributed by atoms with Crippen LogP contribution in [-0.2, 0) is 0 Å². The number of rotatable bonds is 4. The Morgan fingerprint density at radius 1 is 1.04 bits per heavy atom. The van der Waals surface area contributed by atoms with Crippen LogP contribution in [0, 0.1) is 5.82 Å². The molecule has 0 aromatic heterocycles. The van der Waals surface area contributed by atoms with Gasteiger partial charge in [0.25, 0.3) is 0 Å². The molecule has 5 heteroatoms. The summed E-state index contributed by atoms with van der Waals surface area (Å²) in [5.74, 6) is -0.294. The quantitative estimate of drug-likeness (QED) is 0.801. The van der Waals surface area contributed by atoms with Crippen molar-refractivity contribution in [3.63, 3.8) is 0 Å². The molecule has 1 aliphatic heterocycles. The summed E-state index contributed by atoms with van der Waals surface area (Å²) in [6.07, 6.45) is 0. The fourth-order valence-electron chi connectivity index (χ4n) is 2.77. The van der Waals surface area contributed by atoms with Crippen molar-refractivity contribution in [1.29, 1.82) is 0 Å². The number of carbonyl (C=O) groups is 1. The molecule has 1 fully saturated rings. The molecule has 120 valence electrons. The first-order valence-electron chi connectivity index (χ1n) is 7.63. The van der Waals surface area contributed by atoms with E-state index in [4.69, 9.17) is 11.6 Å². The minimum Gasteiger partial charge on any atom is -0.369 e. The molecule has 0 N–H and O–H groups in total. The van der Waals surface area contributed by atoms with Crippen molar-refractivity contribution in [3.8, 4) is 0 Å². The average molecular weight is 333 g/mol. The molecule has 1 aliphatic rings. The summed E-state index contributed by atoms with van der Waals surface area (Å²) < 4.78 is 12.9. The van der Waals surface area contributed by atoms with Crippen molar-refractivity contribution < 1.29 is 9.18 Å². The molecular weight excluding hydrogens is 315 g/mol. The third-order valence-electron chi connectivity index (χ3n) is 4.08. The molecule has 0 aliphatic carbocycles. The van der Waals surface area contributed by atoms with Gasteiger partial charge in [-0.25, -0.2) is 4.39 Å². The van der Waals surface area contributed by atoms with E-state index in [-0.39, 0.29) is 11.6 Å². The zero-order valence-corrected chi connectivity index (χ0v) is 13.5. The standard InChI is InChI=1S/C18H18ClFN2O/c19-15-2-1-3-17(12-15)22-10-8-21(9-11-22)13-18(23)14-4-6-16(20)7-5-14/h1-7,12H,8-11,13H2. The van der Waals surface area contributed by atoms with Gasteiger partial charge in [0.1, 0.15) is 5.82 Å². The molecule has 2 aromatic carbocycles. The van der Waals surface area contributed by atoms with Gasteiger partial charge in [0.05, 0.1) is 6.54 Å². The van der Waals surface area contributed by atoms with Crippen LogP contribution in [0.4, 0.5) is 10.1 Å². The van der Waals surface area contributed by atoms with E-state index in [1.807, 2.05) is 24.3 Å². The summed E-state index contributed by atoms with van der Waals surface area (Å²) >= 11 is 6.03. The Balaban J connectivity index is 1.55.